The molecular weight excluding hydrogens is 252 g/mol. The molecule has 0 aromatic heterocycles. The van der Waals surface area contributed by atoms with Crippen LogP contribution in [0.25, 0.3) is 11.6 Å². The van der Waals surface area contributed by atoms with Crippen molar-refractivity contribution in [2.45, 2.75) is 6.42 Å². The van der Waals surface area contributed by atoms with E-state index in [0.717, 1.165) is 6.42 Å². The van der Waals surface area contributed by atoms with Crippen molar-refractivity contribution in [2.75, 3.05) is 0 Å². The zero-order valence-electron chi connectivity index (χ0n) is 11.9. The highest BCUT2D eigenvalue weighted by Crippen LogP contribution is 2.22. The van der Waals surface area contributed by atoms with Crippen molar-refractivity contribution in [3.63, 3.8) is 0 Å². The molecule has 0 nitrogen and oxygen atoms in total. The quantitative estimate of drug-likeness (QED) is 0.551. The van der Waals surface area contributed by atoms with Crippen molar-refractivity contribution in [3.8, 4) is 0 Å². The Morgan fingerprint density at radius 1 is 0.619 bits per heavy atom. The van der Waals surface area contributed by atoms with Crippen LogP contribution in [0.3, 0.4) is 0 Å². The number of benzene rings is 3. The van der Waals surface area contributed by atoms with E-state index in [9.17, 15) is 0 Å². The lowest BCUT2D eigenvalue weighted by atomic mass is 9.96. The van der Waals surface area contributed by atoms with Crippen LogP contribution in [0.2, 0.25) is 0 Å². The standard InChI is InChI=1S/C21H18/c1-4-10-18(11-5-1)16-21(20-14-8-3-9-15-20)17-19-12-6-2-7-13-19/h1-16H,17H2/b21-16-. The summed E-state index contributed by atoms with van der Waals surface area (Å²) in [6.07, 6.45) is 3.22. The molecule has 102 valence electrons. The van der Waals surface area contributed by atoms with Crippen molar-refractivity contribution in [2.24, 2.45) is 0 Å². The maximum atomic E-state index is 2.28. The van der Waals surface area contributed by atoms with E-state index in [1.165, 1.54) is 22.3 Å². The Bertz CT molecular complexity index is 695. The molecule has 0 spiro atoms. The summed E-state index contributed by atoms with van der Waals surface area (Å²) in [6.45, 7) is 0. The molecule has 0 heteroatoms. The van der Waals surface area contributed by atoms with E-state index in [2.05, 4.69) is 97.1 Å². The summed E-state index contributed by atoms with van der Waals surface area (Å²) >= 11 is 0. The zero-order chi connectivity index (χ0) is 14.3. The summed E-state index contributed by atoms with van der Waals surface area (Å²) in [4.78, 5) is 0. The van der Waals surface area contributed by atoms with Crippen LogP contribution in [0.15, 0.2) is 91.0 Å². The molecule has 3 aromatic rings. The molecule has 0 atom stereocenters. The van der Waals surface area contributed by atoms with Crippen molar-refractivity contribution in [1.29, 1.82) is 0 Å². The van der Waals surface area contributed by atoms with E-state index in [1.807, 2.05) is 0 Å². The lowest BCUT2D eigenvalue weighted by Crippen LogP contribution is -1.91. The van der Waals surface area contributed by atoms with Crippen molar-refractivity contribution in [3.05, 3.63) is 108 Å². The van der Waals surface area contributed by atoms with E-state index >= 15 is 0 Å². The lowest BCUT2D eigenvalue weighted by Gasteiger charge is -2.09. The molecule has 0 bridgehead atoms. The first-order chi connectivity index (χ1) is 10.4. The molecule has 0 saturated heterocycles. The molecule has 0 aliphatic carbocycles. The molecule has 0 N–H and O–H groups in total. The van der Waals surface area contributed by atoms with Gasteiger partial charge in [0.05, 0.1) is 0 Å². The highest BCUT2D eigenvalue weighted by atomic mass is 14.1. The molecule has 0 aliphatic heterocycles. The predicted molar refractivity (Wildman–Crippen MR) is 90.9 cm³/mol. The Balaban J connectivity index is 1.97. The first kappa shape index (κ1) is 13.4. The third-order valence-electron chi connectivity index (χ3n) is 3.52. The van der Waals surface area contributed by atoms with Crippen LogP contribution in [0.4, 0.5) is 0 Å². The van der Waals surface area contributed by atoms with E-state index in [0.29, 0.717) is 0 Å². The van der Waals surface area contributed by atoms with Crippen LogP contribution >= 0.6 is 0 Å². The van der Waals surface area contributed by atoms with Crippen molar-refractivity contribution >= 4 is 11.6 Å². The molecular formula is C21H18. The Hall–Kier alpha value is -2.60. The predicted octanol–water partition coefficient (Wildman–Crippen LogP) is 5.47. The molecule has 0 fully saturated rings. The SMILES string of the molecule is C(=C(\Cc1ccccc1)c1ccccc1)/c1ccccc1. The summed E-state index contributed by atoms with van der Waals surface area (Å²) in [7, 11) is 0. The first-order valence-electron chi connectivity index (χ1n) is 7.27. The molecule has 3 rings (SSSR count). The van der Waals surface area contributed by atoms with Gasteiger partial charge in [-0.3, -0.25) is 0 Å². The minimum Gasteiger partial charge on any atom is -0.0622 e. The minimum absolute atomic E-state index is 0.944. The Kier molecular flexibility index (Phi) is 4.28. The van der Waals surface area contributed by atoms with Crippen LogP contribution < -0.4 is 0 Å². The molecule has 0 saturated carbocycles. The van der Waals surface area contributed by atoms with Gasteiger partial charge in [0.25, 0.3) is 0 Å². The average molecular weight is 270 g/mol. The summed E-state index contributed by atoms with van der Waals surface area (Å²) in [6, 6.07) is 31.7. The molecule has 0 unspecified atom stereocenters. The van der Waals surface area contributed by atoms with E-state index < -0.39 is 0 Å². The number of rotatable bonds is 4. The molecule has 21 heavy (non-hydrogen) atoms. The van der Waals surface area contributed by atoms with E-state index in [4.69, 9.17) is 0 Å². The summed E-state index contributed by atoms with van der Waals surface area (Å²) in [5.74, 6) is 0. The van der Waals surface area contributed by atoms with Gasteiger partial charge in [0.2, 0.25) is 0 Å². The topological polar surface area (TPSA) is 0 Å². The smallest absolute Gasteiger partial charge is 0.00196 e. The zero-order valence-corrected chi connectivity index (χ0v) is 11.9. The first-order valence-corrected chi connectivity index (χ1v) is 7.27. The summed E-state index contributed by atoms with van der Waals surface area (Å²) in [5.41, 5.74) is 5.20. The van der Waals surface area contributed by atoms with Crippen molar-refractivity contribution < 1.29 is 0 Å². The Labute approximate surface area is 126 Å². The molecule has 0 radical (unpaired) electrons. The van der Waals surface area contributed by atoms with Crippen LogP contribution in [0.5, 0.6) is 0 Å². The summed E-state index contributed by atoms with van der Waals surface area (Å²) in [5, 5.41) is 0. The van der Waals surface area contributed by atoms with Gasteiger partial charge < -0.3 is 0 Å². The van der Waals surface area contributed by atoms with Gasteiger partial charge in [-0.1, -0.05) is 97.1 Å². The molecule has 0 amide bonds. The minimum atomic E-state index is 0.944. The normalized spacial score (nSPS) is 11.3. The van der Waals surface area contributed by atoms with Gasteiger partial charge in [0.15, 0.2) is 0 Å². The molecule has 3 aromatic carbocycles. The maximum Gasteiger partial charge on any atom is -0.00196 e. The fourth-order valence-electron chi connectivity index (χ4n) is 2.45. The van der Waals surface area contributed by atoms with Gasteiger partial charge >= 0.3 is 0 Å². The van der Waals surface area contributed by atoms with Crippen LogP contribution in [-0.4, -0.2) is 0 Å². The Morgan fingerprint density at radius 3 is 1.76 bits per heavy atom. The van der Waals surface area contributed by atoms with E-state index in [1.54, 1.807) is 0 Å². The van der Waals surface area contributed by atoms with Crippen LogP contribution in [0.1, 0.15) is 16.7 Å². The van der Waals surface area contributed by atoms with Crippen molar-refractivity contribution in [1.82, 2.24) is 0 Å². The second-order valence-electron chi connectivity index (χ2n) is 5.11. The second-order valence-corrected chi connectivity index (χ2v) is 5.11. The number of hydrogen-bond acceptors (Lipinski definition) is 0. The van der Waals surface area contributed by atoms with Gasteiger partial charge in [0.1, 0.15) is 0 Å². The highest BCUT2D eigenvalue weighted by molar-refractivity contribution is 5.82. The van der Waals surface area contributed by atoms with Gasteiger partial charge in [-0.2, -0.15) is 0 Å². The third-order valence-corrected chi connectivity index (χ3v) is 3.52. The fourth-order valence-corrected chi connectivity index (χ4v) is 2.45. The fraction of sp³-hybridized carbons (Fsp3) is 0.0476. The van der Waals surface area contributed by atoms with E-state index in [-0.39, 0.29) is 0 Å². The third kappa shape index (κ3) is 3.70. The molecule has 0 aliphatic rings. The number of hydrogen-bond donors (Lipinski definition) is 0. The lowest BCUT2D eigenvalue weighted by molar-refractivity contribution is 1.29. The highest BCUT2D eigenvalue weighted by Gasteiger charge is 2.03. The van der Waals surface area contributed by atoms with Crippen LogP contribution in [0, 0.1) is 0 Å². The van der Waals surface area contributed by atoms with Gasteiger partial charge in [0, 0.05) is 0 Å². The maximum absolute atomic E-state index is 2.28. The second kappa shape index (κ2) is 6.71. The van der Waals surface area contributed by atoms with Gasteiger partial charge in [-0.25, -0.2) is 0 Å². The molecule has 0 heterocycles. The largest absolute Gasteiger partial charge is 0.0622 e. The monoisotopic (exact) mass is 270 g/mol. The van der Waals surface area contributed by atoms with Gasteiger partial charge in [-0.05, 0) is 28.7 Å². The Morgan fingerprint density at radius 2 is 1.14 bits per heavy atom. The average Bonchev–Trinajstić information content (AvgIpc) is 2.57. The summed E-state index contributed by atoms with van der Waals surface area (Å²) < 4.78 is 0. The van der Waals surface area contributed by atoms with Gasteiger partial charge in [-0.15, -0.1) is 0 Å². The van der Waals surface area contributed by atoms with Crippen LogP contribution in [-0.2, 0) is 6.42 Å². The number of allylic oxidation sites excluding steroid dienone is 1.